The molecule has 1 unspecified atom stereocenters. The van der Waals surface area contributed by atoms with Crippen LogP contribution in [0.25, 0.3) is 0 Å². The highest BCUT2D eigenvalue weighted by Crippen LogP contribution is 2.38. The van der Waals surface area contributed by atoms with Crippen molar-refractivity contribution in [2.45, 2.75) is 19.8 Å². The Balaban J connectivity index is 0.00000243. The topological polar surface area (TPSA) is 46.1 Å². The molecule has 2 heterocycles. The van der Waals surface area contributed by atoms with Crippen LogP contribution in [0.3, 0.4) is 0 Å². The Bertz CT molecular complexity index is 624. The van der Waals surface area contributed by atoms with E-state index in [0.717, 1.165) is 63.8 Å². The van der Waals surface area contributed by atoms with Gasteiger partial charge >= 0.3 is 0 Å². The lowest BCUT2D eigenvalue weighted by molar-refractivity contribution is 0.156. The Morgan fingerprint density at radius 3 is 2.88 bits per heavy atom. The first kappa shape index (κ1) is 21.1. The Morgan fingerprint density at radius 2 is 2.19 bits per heavy atom. The standard InChI is InChI=1S/C18H25F2N3O2.HI/c1-2-21-17(23-8-5-18(12-23)6-9-24-13-18)22-7-10-25-14-3-4-15(19)16(20)11-14;/h3-4,11H,2,5-10,12-13H2,1H3,(H,21,22);1H. The highest BCUT2D eigenvalue weighted by atomic mass is 127. The van der Waals surface area contributed by atoms with Crippen LogP contribution in [0.5, 0.6) is 5.75 Å². The Labute approximate surface area is 170 Å². The number of guanidine groups is 1. The van der Waals surface area contributed by atoms with Crippen molar-refractivity contribution >= 4 is 29.9 Å². The molecular formula is C18H26F2IN3O2. The predicted octanol–water partition coefficient (Wildman–Crippen LogP) is 3.04. The fourth-order valence-corrected chi connectivity index (χ4v) is 3.39. The van der Waals surface area contributed by atoms with Crippen LogP contribution in [0.4, 0.5) is 8.78 Å². The molecule has 2 aliphatic rings. The van der Waals surface area contributed by atoms with Gasteiger partial charge in [-0.1, -0.05) is 0 Å². The molecule has 2 aliphatic heterocycles. The van der Waals surface area contributed by atoms with Gasteiger partial charge < -0.3 is 19.7 Å². The first-order valence-electron chi connectivity index (χ1n) is 8.81. The minimum atomic E-state index is -0.907. The average molecular weight is 481 g/mol. The van der Waals surface area contributed by atoms with E-state index in [1.54, 1.807) is 0 Å². The second kappa shape index (κ2) is 9.68. The van der Waals surface area contributed by atoms with Gasteiger partial charge in [-0.25, -0.2) is 13.8 Å². The summed E-state index contributed by atoms with van der Waals surface area (Å²) in [7, 11) is 0. The Hall–Kier alpha value is -1.16. The molecule has 0 amide bonds. The van der Waals surface area contributed by atoms with E-state index in [1.807, 2.05) is 6.92 Å². The van der Waals surface area contributed by atoms with Crippen LogP contribution in [-0.4, -0.2) is 56.9 Å². The summed E-state index contributed by atoms with van der Waals surface area (Å²) < 4.78 is 37.1. The molecule has 0 aromatic heterocycles. The van der Waals surface area contributed by atoms with Gasteiger partial charge in [-0.05, 0) is 31.9 Å². The number of likely N-dealkylation sites (tertiary alicyclic amines) is 1. The molecule has 2 saturated heterocycles. The maximum Gasteiger partial charge on any atom is 0.194 e. The molecule has 8 heteroatoms. The van der Waals surface area contributed by atoms with Crippen LogP contribution < -0.4 is 10.1 Å². The zero-order valence-corrected chi connectivity index (χ0v) is 17.3. The summed E-state index contributed by atoms with van der Waals surface area (Å²) >= 11 is 0. The minimum absolute atomic E-state index is 0. The lowest BCUT2D eigenvalue weighted by Gasteiger charge is -2.25. The van der Waals surface area contributed by atoms with Crippen molar-refractivity contribution < 1.29 is 18.3 Å². The van der Waals surface area contributed by atoms with E-state index in [9.17, 15) is 8.78 Å². The average Bonchev–Trinajstić information content (AvgIpc) is 3.24. The molecule has 0 radical (unpaired) electrons. The number of halogens is 3. The highest BCUT2D eigenvalue weighted by molar-refractivity contribution is 14.0. The molecule has 1 spiro atoms. The fraction of sp³-hybridized carbons (Fsp3) is 0.611. The van der Waals surface area contributed by atoms with Crippen molar-refractivity contribution in [3.63, 3.8) is 0 Å². The smallest absolute Gasteiger partial charge is 0.194 e. The Kier molecular flexibility index (Phi) is 7.87. The van der Waals surface area contributed by atoms with Crippen LogP contribution in [0.2, 0.25) is 0 Å². The van der Waals surface area contributed by atoms with Crippen LogP contribution in [0, 0.1) is 17.0 Å². The molecule has 2 fully saturated rings. The largest absolute Gasteiger partial charge is 0.492 e. The molecule has 1 atom stereocenters. The first-order valence-corrected chi connectivity index (χ1v) is 8.81. The molecule has 0 bridgehead atoms. The van der Waals surface area contributed by atoms with Crippen molar-refractivity contribution in [2.75, 3.05) is 46.0 Å². The molecular weight excluding hydrogens is 455 g/mol. The summed E-state index contributed by atoms with van der Waals surface area (Å²) in [6.07, 6.45) is 2.24. The number of aliphatic imine (C=N–C) groups is 1. The minimum Gasteiger partial charge on any atom is -0.492 e. The van der Waals surface area contributed by atoms with Gasteiger partial charge in [0, 0.05) is 37.7 Å². The summed E-state index contributed by atoms with van der Waals surface area (Å²) in [4.78, 5) is 6.88. The van der Waals surface area contributed by atoms with Crippen molar-refractivity contribution in [2.24, 2.45) is 10.4 Å². The van der Waals surface area contributed by atoms with Gasteiger partial charge in [0.15, 0.2) is 17.6 Å². The van der Waals surface area contributed by atoms with Crippen LogP contribution in [0.15, 0.2) is 23.2 Å². The second-order valence-corrected chi connectivity index (χ2v) is 6.63. The van der Waals surface area contributed by atoms with E-state index >= 15 is 0 Å². The molecule has 5 nitrogen and oxygen atoms in total. The quantitative estimate of drug-likeness (QED) is 0.304. The third-order valence-corrected chi connectivity index (χ3v) is 4.77. The zero-order valence-electron chi connectivity index (χ0n) is 15.0. The van der Waals surface area contributed by atoms with Gasteiger partial charge in [0.25, 0.3) is 0 Å². The van der Waals surface area contributed by atoms with Gasteiger partial charge in [-0.2, -0.15) is 0 Å². The number of hydrogen-bond donors (Lipinski definition) is 1. The molecule has 0 aliphatic carbocycles. The predicted molar refractivity (Wildman–Crippen MR) is 107 cm³/mol. The van der Waals surface area contributed by atoms with Crippen molar-refractivity contribution in [1.29, 1.82) is 0 Å². The summed E-state index contributed by atoms with van der Waals surface area (Å²) in [5, 5.41) is 3.32. The molecule has 1 N–H and O–H groups in total. The molecule has 26 heavy (non-hydrogen) atoms. The second-order valence-electron chi connectivity index (χ2n) is 6.63. The van der Waals surface area contributed by atoms with Crippen LogP contribution in [-0.2, 0) is 4.74 Å². The van der Waals surface area contributed by atoms with E-state index in [2.05, 4.69) is 15.2 Å². The van der Waals surface area contributed by atoms with Gasteiger partial charge in [0.1, 0.15) is 12.4 Å². The van der Waals surface area contributed by atoms with E-state index < -0.39 is 11.6 Å². The molecule has 0 saturated carbocycles. The third kappa shape index (κ3) is 5.18. The zero-order chi connectivity index (χ0) is 17.7. The molecule has 1 aromatic carbocycles. The number of nitrogens with zero attached hydrogens (tertiary/aromatic N) is 2. The van der Waals surface area contributed by atoms with E-state index in [1.165, 1.54) is 6.07 Å². The van der Waals surface area contributed by atoms with E-state index in [-0.39, 0.29) is 29.4 Å². The van der Waals surface area contributed by atoms with E-state index in [0.29, 0.717) is 18.9 Å². The molecule has 3 rings (SSSR count). The van der Waals surface area contributed by atoms with E-state index in [4.69, 9.17) is 9.47 Å². The molecule has 146 valence electrons. The summed E-state index contributed by atoms with van der Waals surface area (Å²) in [5.41, 5.74) is 0.276. The summed E-state index contributed by atoms with van der Waals surface area (Å²) in [6, 6.07) is 3.53. The molecule has 1 aromatic rings. The normalized spacial score (nSPS) is 22.6. The SMILES string of the molecule is CCNC(=NCCOc1ccc(F)c(F)c1)N1CCC2(CCOC2)C1.I. The Morgan fingerprint density at radius 1 is 1.35 bits per heavy atom. The van der Waals surface area contributed by atoms with Gasteiger partial charge in [-0.15, -0.1) is 24.0 Å². The van der Waals surface area contributed by atoms with Gasteiger partial charge in [-0.3, -0.25) is 0 Å². The summed E-state index contributed by atoms with van der Waals surface area (Å²) in [6.45, 7) is 7.21. The van der Waals surface area contributed by atoms with Gasteiger partial charge in [0.05, 0.1) is 13.2 Å². The van der Waals surface area contributed by atoms with Crippen molar-refractivity contribution in [1.82, 2.24) is 10.2 Å². The first-order chi connectivity index (χ1) is 12.1. The van der Waals surface area contributed by atoms with Crippen molar-refractivity contribution in [3.8, 4) is 5.75 Å². The highest BCUT2D eigenvalue weighted by Gasteiger charge is 2.42. The number of nitrogens with one attached hydrogen (secondary N) is 1. The lowest BCUT2D eigenvalue weighted by atomic mass is 9.87. The van der Waals surface area contributed by atoms with Crippen molar-refractivity contribution in [3.05, 3.63) is 29.8 Å². The number of hydrogen-bond acceptors (Lipinski definition) is 3. The third-order valence-electron chi connectivity index (χ3n) is 4.77. The monoisotopic (exact) mass is 481 g/mol. The number of rotatable bonds is 5. The maximum absolute atomic E-state index is 13.2. The fourth-order valence-electron chi connectivity index (χ4n) is 3.39. The van der Waals surface area contributed by atoms with Crippen LogP contribution in [0.1, 0.15) is 19.8 Å². The van der Waals surface area contributed by atoms with Gasteiger partial charge in [0.2, 0.25) is 0 Å². The number of benzene rings is 1. The number of ether oxygens (including phenoxy) is 2. The summed E-state index contributed by atoms with van der Waals surface area (Å²) in [5.74, 6) is -0.600. The van der Waals surface area contributed by atoms with Crippen LogP contribution >= 0.6 is 24.0 Å². The lowest BCUT2D eigenvalue weighted by Crippen LogP contribution is -2.41. The maximum atomic E-state index is 13.2.